The second-order valence-electron chi connectivity index (χ2n) is 7.69. The lowest BCUT2D eigenvalue weighted by Crippen LogP contribution is -2.18. The molecule has 0 aliphatic carbocycles. The van der Waals surface area contributed by atoms with Gasteiger partial charge >= 0.3 is 0 Å². The molecule has 1 aliphatic heterocycles. The van der Waals surface area contributed by atoms with Gasteiger partial charge in [-0.3, -0.25) is 0 Å². The molecule has 0 bridgehead atoms. The van der Waals surface area contributed by atoms with Crippen LogP contribution in [0.15, 0.2) is 24.4 Å². The molecule has 0 saturated carbocycles. The Kier molecular flexibility index (Phi) is 3.61. The molecule has 1 aliphatic rings. The highest BCUT2D eigenvalue weighted by Crippen LogP contribution is 2.48. The number of hydrogen-bond donors (Lipinski definition) is 0. The van der Waals surface area contributed by atoms with Gasteiger partial charge in [-0.25, -0.2) is 19.3 Å². The van der Waals surface area contributed by atoms with E-state index in [9.17, 15) is 4.39 Å². The minimum atomic E-state index is -0.358. The first-order valence-electron chi connectivity index (χ1n) is 8.95. The van der Waals surface area contributed by atoms with Crippen molar-refractivity contribution in [1.82, 2.24) is 15.0 Å². The maximum Gasteiger partial charge on any atom is 0.232 e. The van der Waals surface area contributed by atoms with Gasteiger partial charge in [0, 0.05) is 22.6 Å². The van der Waals surface area contributed by atoms with E-state index in [0.29, 0.717) is 23.8 Å². The van der Waals surface area contributed by atoms with Gasteiger partial charge in [-0.1, -0.05) is 13.8 Å². The van der Waals surface area contributed by atoms with Gasteiger partial charge in [0.2, 0.25) is 5.88 Å². The maximum atomic E-state index is 14.6. The molecule has 2 aromatic carbocycles. The zero-order valence-corrected chi connectivity index (χ0v) is 16.8. The van der Waals surface area contributed by atoms with Crippen LogP contribution in [0.2, 0.25) is 0 Å². The number of benzene rings is 2. The summed E-state index contributed by atoms with van der Waals surface area (Å²) in [6, 6.07) is 5.47. The van der Waals surface area contributed by atoms with Crippen LogP contribution in [0.3, 0.4) is 0 Å². The molecule has 5 rings (SSSR count). The van der Waals surface area contributed by atoms with E-state index in [-0.39, 0.29) is 11.2 Å². The predicted octanol–water partition coefficient (Wildman–Crippen LogP) is 5.03. The first-order valence-corrected chi connectivity index (χ1v) is 9.77. The van der Waals surface area contributed by atoms with Crippen LogP contribution in [0.5, 0.6) is 11.6 Å². The monoisotopic (exact) mass is 395 g/mol. The highest BCUT2D eigenvalue weighted by molar-refractivity contribution is 7.22. The molecule has 4 aromatic rings. The number of hydrogen-bond acceptors (Lipinski definition) is 6. The predicted molar refractivity (Wildman–Crippen MR) is 108 cm³/mol. The van der Waals surface area contributed by atoms with Gasteiger partial charge in [0.15, 0.2) is 11.6 Å². The van der Waals surface area contributed by atoms with Crippen LogP contribution in [0.25, 0.3) is 31.8 Å². The number of rotatable bonds is 2. The lowest BCUT2D eigenvalue weighted by Gasteiger charge is -2.15. The summed E-state index contributed by atoms with van der Waals surface area (Å²) in [5, 5.41) is 0.790. The Morgan fingerprint density at radius 2 is 2.00 bits per heavy atom. The number of ether oxygens (including phenoxy) is 2. The van der Waals surface area contributed by atoms with Crippen molar-refractivity contribution >= 4 is 32.6 Å². The summed E-state index contributed by atoms with van der Waals surface area (Å²) in [6.07, 6.45) is 1.60. The van der Waals surface area contributed by atoms with Crippen molar-refractivity contribution in [3.63, 3.8) is 0 Å². The van der Waals surface area contributed by atoms with Crippen LogP contribution in [0.4, 0.5) is 4.39 Å². The topological polar surface area (TPSA) is 57.1 Å². The fourth-order valence-corrected chi connectivity index (χ4v) is 5.01. The van der Waals surface area contributed by atoms with E-state index >= 15 is 0 Å². The van der Waals surface area contributed by atoms with Crippen molar-refractivity contribution < 1.29 is 13.9 Å². The molecule has 0 spiro atoms. The SMILES string of the molecule is COc1cnc2c(-c3nc4cc(F)c5c(c4s3)C(C)(C)CO5)cc(C)cc2n1. The second-order valence-corrected chi connectivity index (χ2v) is 8.69. The minimum Gasteiger partial charge on any atom is -0.489 e. The van der Waals surface area contributed by atoms with Crippen molar-refractivity contribution in [2.24, 2.45) is 0 Å². The van der Waals surface area contributed by atoms with Crippen molar-refractivity contribution in [3.05, 3.63) is 41.3 Å². The Morgan fingerprint density at radius 3 is 2.79 bits per heavy atom. The van der Waals surface area contributed by atoms with Crippen molar-refractivity contribution in [2.75, 3.05) is 13.7 Å². The number of fused-ring (bicyclic) bond motifs is 4. The van der Waals surface area contributed by atoms with Crippen LogP contribution >= 0.6 is 11.3 Å². The molecular weight excluding hydrogens is 377 g/mol. The van der Waals surface area contributed by atoms with Gasteiger partial charge in [-0.05, 0) is 24.6 Å². The molecule has 0 saturated heterocycles. The second kappa shape index (κ2) is 5.85. The zero-order valence-electron chi connectivity index (χ0n) is 16.0. The number of aryl methyl sites for hydroxylation is 1. The van der Waals surface area contributed by atoms with Crippen molar-refractivity contribution in [1.29, 1.82) is 0 Å². The van der Waals surface area contributed by atoms with E-state index in [4.69, 9.17) is 14.5 Å². The Morgan fingerprint density at radius 1 is 1.18 bits per heavy atom. The molecule has 0 atom stereocenters. The highest BCUT2D eigenvalue weighted by atomic mass is 32.1. The van der Waals surface area contributed by atoms with Gasteiger partial charge in [0.25, 0.3) is 0 Å². The maximum absolute atomic E-state index is 14.6. The third-order valence-electron chi connectivity index (χ3n) is 5.05. The van der Waals surface area contributed by atoms with Crippen molar-refractivity contribution in [3.8, 4) is 22.2 Å². The Balaban J connectivity index is 1.79. The smallest absolute Gasteiger partial charge is 0.232 e. The molecule has 0 unspecified atom stereocenters. The molecule has 5 nitrogen and oxygen atoms in total. The normalized spacial score (nSPS) is 15.0. The third kappa shape index (κ3) is 2.46. The highest BCUT2D eigenvalue weighted by Gasteiger charge is 2.37. The van der Waals surface area contributed by atoms with Gasteiger partial charge in [-0.15, -0.1) is 11.3 Å². The van der Waals surface area contributed by atoms with Gasteiger partial charge in [0.1, 0.15) is 5.01 Å². The summed E-state index contributed by atoms with van der Waals surface area (Å²) in [4.78, 5) is 13.8. The summed E-state index contributed by atoms with van der Waals surface area (Å²) in [7, 11) is 1.57. The van der Waals surface area contributed by atoms with E-state index in [2.05, 4.69) is 23.8 Å². The Bertz CT molecular complexity index is 1270. The van der Waals surface area contributed by atoms with Crippen LogP contribution in [-0.2, 0) is 5.41 Å². The summed E-state index contributed by atoms with van der Waals surface area (Å²) in [5.74, 6) is 0.460. The van der Waals surface area contributed by atoms with E-state index < -0.39 is 0 Å². The fraction of sp³-hybridized carbons (Fsp3) is 0.286. The summed E-state index contributed by atoms with van der Waals surface area (Å²) < 4.78 is 26.4. The fourth-order valence-electron chi connectivity index (χ4n) is 3.72. The van der Waals surface area contributed by atoms with E-state index in [1.54, 1.807) is 24.6 Å². The molecule has 0 N–H and O–H groups in total. The molecule has 2 aromatic heterocycles. The lowest BCUT2D eigenvalue weighted by molar-refractivity contribution is 0.282. The molecule has 142 valence electrons. The van der Waals surface area contributed by atoms with Crippen LogP contribution in [0, 0.1) is 12.7 Å². The molecule has 3 heterocycles. The molecular formula is C21H18FN3O2S. The van der Waals surface area contributed by atoms with Crippen LogP contribution in [-0.4, -0.2) is 28.7 Å². The molecule has 0 amide bonds. The van der Waals surface area contributed by atoms with Crippen molar-refractivity contribution in [2.45, 2.75) is 26.2 Å². The molecule has 7 heteroatoms. The Labute approximate surface area is 165 Å². The summed E-state index contributed by atoms with van der Waals surface area (Å²) >= 11 is 1.54. The number of halogens is 1. The van der Waals surface area contributed by atoms with E-state index in [1.165, 1.54) is 6.07 Å². The standard InChI is InChI=1S/C21H18FN3O2S/c1-10-5-11(17-13(6-10)24-15(26-4)8-23-17)20-25-14-7-12(22)18-16(19(14)28-20)21(2,3)9-27-18/h5-8H,9H2,1-4H3. The average molecular weight is 395 g/mol. The summed E-state index contributed by atoms with van der Waals surface area (Å²) in [5.41, 5.74) is 4.71. The van der Waals surface area contributed by atoms with E-state index in [0.717, 1.165) is 37.4 Å². The number of methoxy groups -OCH3 is 1. The largest absolute Gasteiger partial charge is 0.489 e. The zero-order chi connectivity index (χ0) is 19.6. The Hall–Kier alpha value is -2.80. The summed E-state index contributed by atoms with van der Waals surface area (Å²) in [6.45, 7) is 6.60. The van der Waals surface area contributed by atoms with Crippen LogP contribution < -0.4 is 9.47 Å². The van der Waals surface area contributed by atoms with Crippen LogP contribution in [0.1, 0.15) is 25.0 Å². The molecule has 0 fully saturated rings. The van der Waals surface area contributed by atoms with Gasteiger partial charge in [0.05, 0.1) is 41.2 Å². The number of thiazole rings is 1. The molecule has 28 heavy (non-hydrogen) atoms. The lowest BCUT2D eigenvalue weighted by atomic mass is 9.87. The third-order valence-corrected chi connectivity index (χ3v) is 6.17. The quantitative estimate of drug-likeness (QED) is 0.476. The van der Waals surface area contributed by atoms with E-state index in [1.807, 2.05) is 19.1 Å². The molecule has 0 radical (unpaired) electrons. The number of nitrogens with zero attached hydrogens (tertiary/aromatic N) is 3. The average Bonchev–Trinajstić information content (AvgIpc) is 3.21. The first kappa shape index (κ1) is 17.3. The first-order chi connectivity index (χ1) is 13.4. The van der Waals surface area contributed by atoms with Gasteiger partial charge < -0.3 is 9.47 Å². The van der Waals surface area contributed by atoms with Gasteiger partial charge in [-0.2, -0.15) is 0 Å². The minimum absolute atomic E-state index is 0.263. The number of aromatic nitrogens is 3.